The number of halogens is 1. The molecule has 1 amide bonds. The van der Waals surface area contributed by atoms with E-state index in [4.69, 9.17) is 0 Å². The fraction of sp³-hybridized carbons (Fsp3) is 0.375. The molecule has 0 aromatic carbocycles. The predicted molar refractivity (Wildman–Crippen MR) is 52.5 cm³/mol. The van der Waals surface area contributed by atoms with Crippen LogP contribution in [0.3, 0.4) is 0 Å². The van der Waals surface area contributed by atoms with E-state index >= 15 is 0 Å². The molecule has 0 bridgehead atoms. The van der Waals surface area contributed by atoms with Crippen LogP contribution in [0.2, 0.25) is 0 Å². The second-order valence-corrected chi connectivity index (χ2v) is 3.68. The van der Waals surface area contributed by atoms with Gasteiger partial charge < -0.3 is 4.90 Å². The van der Waals surface area contributed by atoms with E-state index in [-0.39, 0.29) is 11.7 Å². The molecule has 0 fully saturated rings. The number of aromatic nitrogens is 2. The van der Waals surface area contributed by atoms with Gasteiger partial charge in [0.2, 0.25) is 5.82 Å². The molecule has 0 radical (unpaired) electrons. The molecule has 0 atom stereocenters. The van der Waals surface area contributed by atoms with Gasteiger partial charge in [-0.2, -0.15) is 0 Å². The predicted octanol–water partition coefficient (Wildman–Crippen LogP) is 1.25. The molecule has 1 heterocycles. The minimum absolute atomic E-state index is 0.185. The Kier molecular flexibility index (Phi) is 2.98. The van der Waals surface area contributed by atoms with E-state index in [0.29, 0.717) is 0 Å². The Morgan fingerprint density at radius 1 is 1.54 bits per heavy atom. The van der Waals surface area contributed by atoms with Gasteiger partial charge in [0.25, 0.3) is 5.91 Å². The Morgan fingerprint density at radius 2 is 2.15 bits per heavy atom. The molecule has 5 heteroatoms. The van der Waals surface area contributed by atoms with Crippen LogP contribution in [0.5, 0.6) is 0 Å². The summed E-state index contributed by atoms with van der Waals surface area (Å²) in [7, 11) is 3.34. The first-order valence-electron chi connectivity index (χ1n) is 3.73. The number of carbonyl (C=O) groups is 1. The Bertz CT molecular complexity index is 338. The molecule has 0 aliphatic carbocycles. The minimum Gasteiger partial charge on any atom is -0.342 e. The van der Waals surface area contributed by atoms with Gasteiger partial charge in [0.15, 0.2) is 0 Å². The number of nitrogens with zero attached hydrogens (tertiary/aromatic N) is 3. The number of amides is 1. The molecule has 0 aliphatic heterocycles. The van der Waals surface area contributed by atoms with Crippen molar-refractivity contribution < 1.29 is 4.79 Å². The fourth-order valence-corrected chi connectivity index (χ4v) is 0.946. The summed E-state index contributed by atoms with van der Waals surface area (Å²) in [5.74, 6) is 0.0429. The summed E-state index contributed by atoms with van der Waals surface area (Å²) < 4.78 is 0.808. The third kappa shape index (κ3) is 2.24. The molecule has 13 heavy (non-hydrogen) atoms. The van der Waals surface area contributed by atoms with E-state index in [0.717, 1.165) is 10.2 Å². The van der Waals surface area contributed by atoms with Crippen LogP contribution in [0.4, 0.5) is 0 Å². The number of hydrogen-bond acceptors (Lipinski definition) is 3. The summed E-state index contributed by atoms with van der Waals surface area (Å²) in [6.45, 7) is 1.82. The van der Waals surface area contributed by atoms with Crippen molar-refractivity contribution in [2.45, 2.75) is 6.92 Å². The van der Waals surface area contributed by atoms with Gasteiger partial charge in [0, 0.05) is 20.3 Å². The zero-order chi connectivity index (χ0) is 10.0. The van der Waals surface area contributed by atoms with Crippen LogP contribution >= 0.6 is 15.9 Å². The first kappa shape index (κ1) is 10.1. The van der Waals surface area contributed by atoms with Crippen LogP contribution in [0.15, 0.2) is 10.7 Å². The highest BCUT2D eigenvalue weighted by molar-refractivity contribution is 9.10. The standard InChI is InChI=1S/C8H10BrN3O/c1-5-6(9)4-10-7(11-5)8(13)12(2)3/h4H,1-3H3. The summed E-state index contributed by atoms with van der Waals surface area (Å²) in [6, 6.07) is 0. The Balaban J connectivity index is 3.04. The Hall–Kier alpha value is -0.970. The fourth-order valence-electron chi connectivity index (χ4n) is 0.755. The van der Waals surface area contributed by atoms with Gasteiger partial charge in [0.05, 0.1) is 10.2 Å². The maximum atomic E-state index is 11.4. The number of carbonyl (C=O) groups excluding carboxylic acids is 1. The van der Waals surface area contributed by atoms with Crippen molar-refractivity contribution in [1.82, 2.24) is 14.9 Å². The second kappa shape index (κ2) is 3.83. The first-order chi connectivity index (χ1) is 6.02. The lowest BCUT2D eigenvalue weighted by molar-refractivity contribution is 0.0815. The molecule has 1 aromatic heterocycles. The molecule has 0 N–H and O–H groups in total. The second-order valence-electron chi connectivity index (χ2n) is 2.83. The van der Waals surface area contributed by atoms with Gasteiger partial charge in [-0.05, 0) is 22.9 Å². The summed E-state index contributed by atoms with van der Waals surface area (Å²) in [5.41, 5.74) is 0.764. The highest BCUT2D eigenvalue weighted by Gasteiger charge is 2.11. The van der Waals surface area contributed by atoms with E-state index in [2.05, 4.69) is 25.9 Å². The molecule has 0 saturated carbocycles. The molecular formula is C8H10BrN3O. The molecule has 0 unspecified atom stereocenters. The summed E-state index contributed by atoms with van der Waals surface area (Å²) >= 11 is 3.27. The quantitative estimate of drug-likeness (QED) is 0.746. The van der Waals surface area contributed by atoms with Crippen molar-refractivity contribution in [1.29, 1.82) is 0 Å². The maximum Gasteiger partial charge on any atom is 0.291 e. The summed E-state index contributed by atoms with van der Waals surface area (Å²) in [5, 5.41) is 0. The van der Waals surface area contributed by atoms with Crippen molar-refractivity contribution in [3.8, 4) is 0 Å². The van der Waals surface area contributed by atoms with Crippen molar-refractivity contribution in [2.75, 3.05) is 14.1 Å². The highest BCUT2D eigenvalue weighted by Crippen LogP contribution is 2.11. The highest BCUT2D eigenvalue weighted by atomic mass is 79.9. The normalized spacial score (nSPS) is 9.85. The van der Waals surface area contributed by atoms with Crippen LogP contribution in [-0.2, 0) is 0 Å². The average Bonchev–Trinajstić information content (AvgIpc) is 2.08. The van der Waals surface area contributed by atoms with E-state index in [1.54, 1.807) is 20.3 Å². The largest absolute Gasteiger partial charge is 0.342 e. The third-order valence-corrected chi connectivity index (χ3v) is 2.30. The van der Waals surface area contributed by atoms with Crippen molar-refractivity contribution in [3.63, 3.8) is 0 Å². The van der Waals surface area contributed by atoms with E-state index < -0.39 is 0 Å². The minimum atomic E-state index is -0.185. The molecule has 0 spiro atoms. The van der Waals surface area contributed by atoms with Crippen molar-refractivity contribution in [2.24, 2.45) is 0 Å². The van der Waals surface area contributed by atoms with Gasteiger partial charge in [-0.25, -0.2) is 9.97 Å². The van der Waals surface area contributed by atoms with Crippen LogP contribution < -0.4 is 0 Å². The van der Waals surface area contributed by atoms with Gasteiger partial charge in [-0.15, -0.1) is 0 Å². The van der Waals surface area contributed by atoms with Crippen LogP contribution in [0, 0.1) is 6.92 Å². The van der Waals surface area contributed by atoms with E-state index in [1.807, 2.05) is 6.92 Å². The number of aryl methyl sites for hydroxylation is 1. The third-order valence-electron chi connectivity index (χ3n) is 1.52. The summed E-state index contributed by atoms with van der Waals surface area (Å²) in [6.07, 6.45) is 1.58. The lowest BCUT2D eigenvalue weighted by Gasteiger charge is -2.08. The number of hydrogen-bond donors (Lipinski definition) is 0. The van der Waals surface area contributed by atoms with Crippen LogP contribution in [-0.4, -0.2) is 34.9 Å². The van der Waals surface area contributed by atoms with Crippen LogP contribution in [0.1, 0.15) is 16.3 Å². The van der Waals surface area contributed by atoms with Crippen LogP contribution in [0.25, 0.3) is 0 Å². The lowest BCUT2D eigenvalue weighted by Crippen LogP contribution is -2.24. The Labute approximate surface area is 85.1 Å². The van der Waals surface area contributed by atoms with Crippen molar-refractivity contribution in [3.05, 3.63) is 22.2 Å². The van der Waals surface area contributed by atoms with E-state index in [1.165, 1.54) is 4.90 Å². The lowest BCUT2D eigenvalue weighted by atomic mass is 10.4. The van der Waals surface area contributed by atoms with Gasteiger partial charge >= 0.3 is 0 Å². The zero-order valence-corrected chi connectivity index (χ0v) is 9.29. The zero-order valence-electron chi connectivity index (χ0n) is 7.71. The van der Waals surface area contributed by atoms with Gasteiger partial charge in [0.1, 0.15) is 0 Å². The van der Waals surface area contributed by atoms with Crippen molar-refractivity contribution >= 4 is 21.8 Å². The van der Waals surface area contributed by atoms with Gasteiger partial charge in [-0.3, -0.25) is 4.79 Å². The molecule has 0 aliphatic rings. The van der Waals surface area contributed by atoms with E-state index in [9.17, 15) is 4.79 Å². The molecule has 4 nitrogen and oxygen atoms in total. The summed E-state index contributed by atoms with van der Waals surface area (Å²) in [4.78, 5) is 20.8. The molecular weight excluding hydrogens is 234 g/mol. The maximum absolute atomic E-state index is 11.4. The molecule has 1 aromatic rings. The molecule has 70 valence electrons. The smallest absolute Gasteiger partial charge is 0.291 e. The SMILES string of the molecule is Cc1nc(C(=O)N(C)C)ncc1Br. The van der Waals surface area contributed by atoms with Gasteiger partial charge in [-0.1, -0.05) is 0 Å². The number of rotatable bonds is 1. The monoisotopic (exact) mass is 243 g/mol. The molecule has 0 saturated heterocycles. The Morgan fingerprint density at radius 3 is 2.62 bits per heavy atom. The average molecular weight is 244 g/mol. The first-order valence-corrected chi connectivity index (χ1v) is 4.52. The molecule has 1 rings (SSSR count). The topological polar surface area (TPSA) is 46.1 Å².